The Kier molecular flexibility index (Phi) is 5.37. The molecule has 0 amide bonds. The molecule has 5 nitrogen and oxygen atoms in total. The van der Waals surface area contributed by atoms with Crippen molar-refractivity contribution in [2.24, 2.45) is 5.41 Å². The van der Waals surface area contributed by atoms with E-state index in [2.05, 4.69) is 15.0 Å². The summed E-state index contributed by atoms with van der Waals surface area (Å²) in [5.41, 5.74) is -0.0572. The molecule has 0 spiro atoms. The van der Waals surface area contributed by atoms with Crippen LogP contribution in [0.3, 0.4) is 0 Å². The number of aromatic nitrogens is 1. The van der Waals surface area contributed by atoms with Gasteiger partial charge in [-0.2, -0.15) is 0 Å². The van der Waals surface area contributed by atoms with Gasteiger partial charge in [-0.3, -0.25) is 0 Å². The third-order valence-corrected chi connectivity index (χ3v) is 3.84. The molecule has 0 saturated carbocycles. The summed E-state index contributed by atoms with van der Waals surface area (Å²) in [6.45, 7) is 4.85. The van der Waals surface area contributed by atoms with E-state index in [0.717, 1.165) is 11.3 Å². The Morgan fingerprint density at radius 3 is 2.83 bits per heavy atom. The van der Waals surface area contributed by atoms with Crippen LogP contribution < -0.4 is 5.32 Å². The van der Waals surface area contributed by atoms with Gasteiger partial charge in [0.25, 0.3) is 0 Å². The molecular formula is C11H17ClN2O3S. The number of anilines is 1. The molecule has 1 heterocycles. The van der Waals surface area contributed by atoms with Gasteiger partial charge in [0, 0.05) is 13.2 Å². The number of aliphatic hydroxyl groups is 1. The van der Waals surface area contributed by atoms with E-state index in [1.807, 2.05) is 13.8 Å². The van der Waals surface area contributed by atoms with Crippen LogP contribution in [0.2, 0.25) is 5.15 Å². The number of carbonyl (C=O) groups excluding carboxylic acids is 1. The average Bonchev–Trinajstić information content (AvgIpc) is 2.67. The van der Waals surface area contributed by atoms with Crippen LogP contribution in [0.15, 0.2) is 0 Å². The number of methoxy groups -OCH3 is 1. The normalized spacial score (nSPS) is 11.4. The monoisotopic (exact) mass is 292 g/mol. The first-order valence-corrected chi connectivity index (χ1v) is 6.68. The minimum absolute atomic E-state index is 0.0572. The van der Waals surface area contributed by atoms with Gasteiger partial charge in [0.15, 0.2) is 15.2 Å². The van der Waals surface area contributed by atoms with Gasteiger partial charge >= 0.3 is 5.97 Å². The Balaban J connectivity index is 2.67. The first kappa shape index (κ1) is 15.2. The van der Waals surface area contributed by atoms with Crippen LogP contribution in [0.1, 0.15) is 29.9 Å². The highest BCUT2D eigenvalue weighted by atomic mass is 35.5. The van der Waals surface area contributed by atoms with E-state index < -0.39 is 5.97 Å². The van der Waals surface area contributed by atoms with Crippen molar-refractivity contribution in [2.45, 2.75) is 20.3 Å². The van der Waals surface area contributed by atoms with Gasteiger partial charge in [0.05, 0.1) is 7.11 Å². The molecular weight excluding hydrogens is 276 g/mol. The zero-order chi connectivity index (χ0) is 13.8. The molecule has 0 aliphatic heterocycles. The number of halogens is 1. The van der Waals surface area contributed by atoms with Gasteiger partial charge in [-0.15, -0.1) is 0 Å². The fraction of sp³-hybridized carbons (Fsp3) is 0.636. The zero-order valence-corrected chi connectivity index (χ0v) is 12.2. The number of thiazole rings is 1. The third-order valence-electron chi connectivity index (χ3n) is 2.46. The third kappa shape index (κ3) is 4.12. The molecule has 1 aromatic rings. The summed E-state index contributed by atoms with van der Waals surface area (Å²) in [5, 5.41) is 12.8. The van der Waals surface area contributed by atoms with Crippen molar-refractivity contribution < 1.29 is 14.6 Å². The van der Waals surface area contributed by atoms with E-state index in [-0.39, 0.29) is 17.2 Å². The number of hydrogen-bond acceptors (Lipinski definition) is 6. The van der Waals surface area contributed by atoms with E-state index in [9.17, 15) is 4.79 Å². The molecule has 102 valence electrons. The molecule has 0 bridgehead atoms. The lowest BCUT2D eigenvalue weighted by Crippen LogP contribution is -2.24. The highest BCUT2D eigenvalue weighted by Crippen LogP contribution is 2.29. The summed E-state index contributed by atoms with van der Waals surface area (Å²) in [6, 6.07) is 0. The van der Waals surface area contributed by atoms with Crippen LogP contribution in [0.25, 0.3) is 0 Å². The molecule has 0 atom stereocenters. The van der Waals surface area contributed by atoms with Crippen molar-refractivity contribution >= 4 is 34.0 Å². The minimum Gasteiger partial charge on any atom is -0.465 e. The van der Waals surface area contributed by atoms with E-state index >= 15 is 0 Å². The molecule has 0 saturated heterocycles. The Morgan fingerprint density at radius 1 is 1.61 bits per heavy atom. The summed E-state index contributed by atoms with van der Waals surface area (Å²) in [7, 11) is 1.30. The second-order valence-electron chi connectivity index (χ2n) is 4.62. The first-order chi connectivity index (χ1) is 8.39. The number of esters is 1. The maximum absolute atomic E-state index is 11.4. The SMILES string of the molecule is COC(=O)c1sc(NCC(C)(C)CCO)nc1Cl. The maximum Gasteiger partial charge on any atom is 0.351 e. The van der Waals surface area contributed by atoms with Crippen molar-refractivity contribution in [3.05, 3.63) is 10.0 Å². The fourth-order valence-corrected chi connectivity index (χ4v) is 2.40. The Morgan fingerprint density at radius 2 is 2.28 bits per heavy atom. The molecule has 0 aliphatic rings. The number of rotatable bonds is 6. The van der Waals surface area contributed by atoms with Crippen LogP contribution in [0, 0.1) is 5.41 Å². The lowest BCUT2D eigenvalue weighted by atomic mass is 9.90. The first-order valence-electron chi connectivity index (χ1n) is 5.49. The summed E-state index contributed by atoms with van der Waals surface area (Å²) in [4.78, 5) is 15.7. The van der Waals surface area contributed by atoms with Crippen LogP contribution in [-0.2, 0) is 4.74 Å². The number of ether oxygens (including phenoxy) is 1. The molecule has 0 unspecified atom stereocenters. The van der Waals surface area contributed by atoms with Crippen molar-refractivity contribution in [2.75, 3.05) is 25.6 Å². The van der Waals surface area contributed by atoms with Crippen LogP contribution in [-0.4, -0.2) is 36.3 Å². The topological polar surface area (TPSA) is 71.5 Å². The highest BCUT2D eigenvalue weighted by molar-refractivity contribution is 7.18. The Labute approximate surface area is 115 Å². The highest BCUT2D eigenvalue weighted by Gasteiger charge is 2.20. The summed E-state index contributed by atoms with van der Waals surface area (Å²) >= 11 is 7.01. The Hall–Kier alpha value is -0.850. The van der Waals surface area contributed by atoms with Gasteiger partial charge in [-0.05, 0) is 11.8 Å². The summed E-state index contributed by atoms with van der Waals surface area (Å²) in [6.07, 6.45) is 0.683. The largest absolute Gasteiger partial charge is 0.465 e. The molecule has 18 heavy (non-hydrogen) atoms. The molecule has 0 fully saturated rings. The van der Waals surface area contributed by atoms with Gasteiger partial charge in [0.2, 0.25) is 0 Å². The molecule has 0 radical (unpaired) electrons. The number of aliphatic hydroxyl groups excluding tert-OH is 1. The van der Waals surface area contributed by atoms with E-state index in [4.69, 9.17) is 16.7 Å². The van der Waals surface area contributed by atoms with Crippen molar-refractivity contribution in [3.63, 3.8) is 0 Å². The zero-order valence-electron chi connectivity index (χ0n) is 10.6. The summed E-state index contributed by atoms with van der Waals surface area (Å²) < 4.78 is 4.60. The second-order valence-corrected chi connectivity index (χ2v) is 5.98. The quantitative estimate of drug-likeness (QED) is 0.788. The second kappa shape index (κ2) is 6.36. The lowest BCUT2D eigenvalue weighted by Gasteiger charge is -2.23. The van der Waals surface area contributed by atoms with Gasteiger partial charge < -0.3 is 15.2 Å². The number of nitrogens with zero attached hydrogens (tertiary/aromatic N) is 1. The number of nitrogens with one attached hydrogen (secondary N) is 1. The maximum atomic E-state index is 11.4. The smallest absolute Gasteiger partial charge is 0.351 e. The Bertz CT molecular complexity index is 420. The van der Waals surface area contributed by atoms with Gasteiger partial charge in [-0.25, -0.2) is 9.78 Å². The molecule has 0 aromatic carbocycles. The predicted octanol–water partition coefficient (Wildman–Crippen LogP) is 2.40. The van der Waals surface area contributed by atoms with Crippen molar-refractivity contribution in [3.8, 4) is 0 Å². The van der Waals surface area contributed by atoms with Crippen molar-refractivity contribution in [1.29, 1.82) is 0 Å². The molecule has 0 aliphatic carbocycles. The summed E-state index contributed by atoms with van der Waals surface area (Å²) in [5.74, 6) is -0.486. The number of hydrogen-bond donors (Lipinski definition) is 2. The van der Waals surface area contributed by atoms with Crippen LogP contribution in [0.5, 0.6) is 0 Å². The molecule has 2 N–H and O–H groups in total. The number of carbonyl (C=O) groups is 1. The fourth-order valence-electron chi connectivity index (χ4n) is 1.30. The molecule has 1 rings (SSSR count). The molecule has 1 aromatic heterocycles. The van der Waals surface area contributed by atoms with Gasteiger partial charge in [-0.1, -0.05) is 36.8 Å². The standard InChI is InChI=1S/C11H17ClN2O3S/c1-11(2,4-5-15)6-13-10-14-8(12)7(18-10)9(16)17-3/h15H,4-6H2,1-3H3,(H,13,14). The van der Waals surface area contributed by atoms with Crippen LogP contribution in [0.4, 0.5) is 5.13 Å². The van der Waals surface area contributed by atoms with E-state index in [1.165, 1.54) is 7.11 Å². The van der Waals surface area contributed by atoms with Crippen molar-refractivity contribution in [1.82, 2.24) is 4.98 Å². The van der Waals surface area contributed by atoms with Gasteiger partial charge in [0.1, 0.15) is 0 Å². The predicted molar refractivity (Wildman–Crippen MR) is 72.4 cm³/mol. The lowest BCUT2D eigenvalue weighted by molar-refractivity contribution is 0.0606. The van der Waals surface area contributed by atoms with E-state index in [0.29, 0.717) is 23.0 Å². The molecule has 7 heteroatoms. The van der Waals surface area contributed by atoms with E-state index in [1.54, 1.807) is 0 Å². The van der Waals surface area contributed by atoms with Crippen LogP contribution >= 0.6 is 22.9 Å². The minimum atomic E-state index is -0.486. The average molecular weight is 293 g/mol.